The Kier molecular flexibility index (Phi) is 4.07. The SMILES string of the molecule is Cc1noc(C)c1NC(=O)N1CC[C@H](c2ccccc2Cl)C1. The standard InChI is InChI=1S/C16H18ClN3O2/c1-10-15(11(2)22-19-10)18-16(21)20-8-7-12(9-20)13-5-3-4-6-14(13)17/h3-6,12H,7-9H2,1-2H3,(H,18,21)/t12-/m0/s1. The Bertz CT molecular complexity index is 679. The molecule has 0 unspecified atom stereocenters. The maximum Gasteiger partial charge on any atom is 0.322 e. The number of anilines is 1. The monoisotopic (exact) mass is 319 g/mol. The Morgan fingerprint density at radius 1 is 1.41 bits per heavy atom. The van der Waals surface area contributed by atoms with Crippen LogP contribution in [0.25, 0.3) is 0 Å². The Labute approximate surface area is 134 Å². The van der Waals surface area contributed by atoms with E-state index in [9.17, 15) is 4.79 Å². The molecule has 1 aromatic carbocycles. The van der Waals surface area contributed by atoms with E-state index in [4.69, 9.17) is 16.1 Å². The van der Waals surface area contributed by atoms with Crippen molar-refractivity contribution in [3.63, 3.8) is 0 Å². The molecule has 2 amide bonds. The molecule has 6 heteroatoms. The third kappa shape index (κ3) is 2.81. The minimum atomic E-state index is -0.121. The van der Waals surface area contributed by atoms with Crippen molar-refractivity contribution in [1.82, 2.24) is 10.1 Å². The van der Waals surface area contributed by atoms with E-state index in [1.54, 1.807) is 11.8 Å². The first kappa shape index (κ1) is 14.9. The topological polar surface area (TPSA) is 58.4 Å². The van der Waals surface area contributed by atoms with Crippen molar-refractivity contribution in [3.05, 3.63) is 46.3 Å². The van der Waals surface area contributed by atoms with Crippen LogP contribution in [0.2, 0.25) is 5.02 Å². The van der Waals surface area contributed by atoms with Crippen molar-refractivity contribution >= 4 is 23.3 Å². The van der Waals surface area contributed by atoms with E-state index in [2.05, 4.69) is 10.5 Å². The van der Waals surface area contributed by atoms with Crippen molar-refractivity contribution in [2.75, 3.05) is 18.4 Å². The molecule has 2 aromatic rings. The van der Waals surface area contributed by atoms with Crippen molar-refractivity contribution in [1.29, 1.82) is 0 Å². The van der Waals surface area contributed by atoms with Gasteiger partial charge >= 0.3 is 6.03 Å². The highest BCUT2D eigenvalue weighted by Gasteiger charge is 2.29. The van der Waals surface area contributed by atoms with Crippen molar-refractivity contribution in [2.45, 2.75) is 26.2 Å². The predicted molar refractivity (Wildman–Crippen MR) is 85.4 cm³/mol. The lowest BCUT2D eigenvalue weighted by atomic mass is 9.98. The Morgan fingerprint density at radius 2 is 2.18 bits per heavy atom. The highest BCUT2D eigenvalue weighted by molar-refractivity contribution is 6.31. The number of nitrogens with zero attached hydrogens (tertiary/aromatic N) is 2. The largest absolute Gasteiger partial charge is 0.359 e. The molecule has 1 aliphatic heterocycles. The summed E-state index contributed by atoms with van der Waals surface area (Å²) in [7, 11) is 0. The molecule has 1 aromatic heterocycles. The van der Waals surface area contributed by atoms with Gasteiger partial charge in [-0.1, -0.05) is 35.0 Å². The van der Waals surface area contributed by atoms with Gasteiger partial charge in [0.15, 0.2) is 5.76 Å². The number of nitrogens with one attached hydrogen (secondary N) is 1. The first-order valence-corrected chi connectivity index (χ1v) is 7.67. The first-order valence-electron chi connectivity index (χ1n) is 7.29. The second-order valence-electron chi connectivity index (χ2n) is 5.58. The zero-order valence-electron chi connectivity index (χ0n) is 12.6. The summed E-state index contributed by atoms with van der Waals surface area (Å²) in [6.45, 7) is 4.97. The molecular formula is C16H18ClN3O2. The lowest BCUT2D eigenvalue weighted by Crippen LogP contribution is -2.33. The number of urea groups is 1. The molecule has 1 fully saturated rings. The highest BCUT2D eigenvalue weighted by atomic mass is 35.5. The van der Waals surface area contributed by atoms with E-state index in [1.807, 2.05) is 31.2 Å². The molecule has 0 spiro atoms. The maximum atomic E-state index is 12.4. The fourth-order valence-electron chi connectivity index (χ4n) is 2.85. The van der Waals surface area contributed by atoms with E-state index in [1.165, 1.54) is 0 Å². The minimum absolute atomic E-state index is 0.121. The van der Waals surface area contributed by atoms with Crippen LogP contribution in [0.5, 0.6) is 0 Å². The normalized spacial score (nSPS) is 17.8. The number of rotatable bonds is 2. The number of halogens is 1. The average molecular weight is 320 g/mol. The summed E-state index contributed by atoms with van der Waals surface area (Å²) in [6.07, 6.45) is 0.915. The van der Waals surface area contributed by atoms with Gasteiger partial charge in [0.05, 0.1) is 0 Å². The van der Waals surface area contributed by atoms with Crippen LogP contribution in [0.15, 0.2) is 28.8 Å². The molecule has 116 valence electrons. The van der Waals surface area contributed by atoms with E-state index in [-0.39, 0.29) is 11.9 Å². The van der Waals surface area contributed by atoms with E-state index in [0.717, 1.165) is 17.0 Å². The average Bonchev–Trinajstić information content (AvgIpc) is 3.10. The summed E-state index contributed by atoms with van der Waals surface area (Å²) in [5.74, 6) is 0.900. The molecule has 1 N–H and O–H groups in total. The van der Waals surface area contributed by atoms with Crippen LogP contribution in [-0.4, -0.2) is 29.2 Å². The van der Waals surface area contributed by atoms with E-state index < -0.39 is 0 Å². The zero-order chi connectivity index (χ0) is 15.7. The van der Waals surface area contributed by atoms with Gasteiger partial charge in [0.2, 0.25) is 0 Å². The van der Waals surface area contributed by atoms with Crippen LogP contribution in [0.1, 0.15) is 29.4 Å². The second kappa shape index (κ2) is 6.01. The molecular weight excluding hydrogens is 302 g/mol. The summed E-state index contributed by atoms with van der Waals surface area (Å²) < 4.78 is 5.06. The van der Waals surface area contributed by atoms with Gasteiger partial charge in [-0.05, 0) is 31.9 Å². The summed E-state index contributed by atoms with van der Waals surface area (Å²) >= 11 is 6.25. The molecule has 1 atom stereocenters. The number of likely N-dealkylation sites (tertiary alicyclic amines) is 1. The maximum absolute atomic E-state index is 12.4. The van der Waals surface area contributed by atoms with E-state index in [0.29, 0.717) is 30.2 Å². The van der Waals surface area contributed by atoms with Crippen LogP contribution in [0.4, 0.5) is 10.5 Å². The third-order valence-corrected chi connectivity index (χ3v) is 4.43. The molecule has 2 heterocycles. The number of aryl methyl sites for hydroxylation is 2. The summed E-state index contributed by atoms with van der Waals surface area (Å²) in [6, 6.07) is 7.70. The number of aromatic nitrogens is 1. The third-order valence-electron chi connectivity index (χ3n) is 4.09. The fraction of sp³-hybridized carbons (Fsp3) is 0.375. The second-order valence-corrected chi connectivity index (χ2v) is 5.99. The number of carbonyl (C=O) groups excluding carboxylic acids is 1. The van der Waals surface area contributed by atoms with Crippen LogP contribution in [0.3, 0.4) is 0 Å². The van der Waals surface area contributed by atoms with Crippen LogP contribution in [0, 0.1) is 13.8 Å². The molecule has 3 rings (SSSR count). The summed E-state index contributed by atoms with van der Waals surface area (Å²) in [5.41, 5.74) is 2.45. The number of carbonyl (C=O) groups is 1. The van der Waals surface area contributed by atoms with Gasteiger partial charge < -0.3 is 14.7 Å². The smallest absolute Gasteiger partial charge is 0.322 e. The van der Waals surface area contributed by atoms with Crippen LogP contribution < -0.4 is 5.32 Å². The highest BCUT2D eigenvalue weighted by Crippen LogP contribution is 2.32. The van der Waals surface area contributed by atoms with Gasteiger partial charge in [-0.3, -0.25) is 0 Å². The Balaban J connectivity index is 1.68. The van der Waals surface area contributed by atoms with E-state index >= 15 is 0 Å². The lowest BCUT2D eigenvalue weighted by molar-refractivity contribution is 0.222. The number of benzene rings is 1. The van der Waals surface area contributed by atoms with Crippen molar-refractivity contribution < 1.29 is 9.32 Å². The zero-order valence-corrected chi connectivity index (χ0v) is 13.4. The van der Waals surface area contributed by atoms with Crippen LogP contribution in [-0.2, 0) is 0 Å². The number of hydrogen-bond donors (Lipinski definition) is 1. The lowest BCUT2D eigenvalue weighted by Gasteiger charge is -2.17. The van der Waals surface area contributed by atoms with Crippen molar-refractivity contribution in [2.24, 2.45) is 0 Å². The molecule has 0 saturated carbocycles. The number of amides is 2. The summed E-state index contributed by atoms with van der Waals surface area (Å²) in [5, 5.41) is 7.49. The molecule has 22 heavy (non-hydrogen) atoms. The molecule has 0 aliphatic carbocycles. The number of hydrogen-bond acceptors (Lipinski definition) is 3. The van der Waals surface area contributed by atoms with Gasteiger partial charge in [-0.25, -0.2) is 4.79 Å². The molecule has 0 radical (unpaired) electrons. The van der Waals surface area contributed by atoms with Crippen molar-refractivity contribution in [3.8, 4) is 0 Å². The van der Waals surface area contributed by atoms with Gasteiger partial charge in [-0.15, -0.1) is 0 Å². The Hall–Kier alpha value is -2.01. The quantitative estimate of drug-likeness (QED) is 0.911. The van der Waals surface area contributed by atoms with Crippen LogP contribution >= 0.6 is 11.6 Å². The fourth-order valence-corrected chi connectivity index (χ4v) is 3.14. The predicted octanol–water partition coefficient (Wildman–Crippen LogP) is 3.97. The molecule has 5 nitrogen and oxygen atoms in total. The molecule has 1 saturated heterocycles. The van der Waals surface area contributed by atoms with Gasteiger partial charge in [-0.2, -0.15) is 0 Å². The molecule has 1 aliphatic rings. The summed E-state index contributed by atoms with van der Waals surface area (Å²) in [4.78, 5) is 14.2. The van der Waals surface area contributed by atoms with Gasteiger partial charge in [0.1, 0.15) is 11.4 Å². The Morgan fingerprint density at radius 3 is 2.86 bits per heavy atom. The minimum Gasteiger partial charge on any atom is -0.359 e. The van der Waals surface area contributed by atoms with Gasteiger partial charge in [0, 0.05) is 24.0 Å². The molecule has 0 bridgehead atoms. The van der Waals surface area contributed by atoms with Gasteiger partial charge in [0.25, 0.3) is 0 Å². The first-order chi connectivity index (χ1) is 10.6.